The number of imide groups is 2. The standard InChI is InChI=1S/2C13H12N2O3.3C2H6/c2*16-11-6-5-10(12(17)14-11)15-7-8-3-1-2-4-9(8)13(15)18;3*1-2/h2*1-4,10H,5-7H2,(H,14,16,17);3*1-2H3. The van der Waals surface area contributed by atoms with E-state index in [1.807, 2.05) is 77.9 Å². The van der Waals surface area contributed by atoms with Gasteiger partial charge >= 0.3 is 0 Å². The summed E-state index contributed by atoms with van der Waals surface area (Å²) >= 11 is 0. The lowest BCUT2D eigenvalue weighted by Gasteiger charge is -2.29. The van der Waals surface area contributed by atoms with Crippen LogP contribution >= 0.6 is 0 Å². The summed E-state index contributed by atoms with van der Waals surface area (Å²) in [5, 5.41) is 4.56. The molecule has 2 atom stereocenters. The van der Waals surface area contributed by atoms with Gasteiger partial charge in [0.25, 0.3) is 11.8 Å². The van der Waals surface area contributed by atoms with E-state index in [0.29, 0.717) is 37.1 Å². The number of hydrogen-bond acceptors (Lipinski definition) is 6. The number of carbonyl (C=O) groups is 6. The van der Waals surface area contributed by atoms with Crippen molar-refractivity contribution in [3.05, 3.63) is 70.8 Å². The van der Waals surface area contributed by atoms with E-state index in [-0.39, 0.29) is 48.3 Å². The van der Waals surface area contributed by atoms with E-state index >= 15 is 0 Å². The van der Waals surface area contributed by atoms with Crippen LogP contribution in [0.1, 0.15) is 99.1 Å². The Morgan fingerprint density at radius 3 is 1.19 bits per heavy atom. The van der Waals surface area contributed by atoms with Gasteiger partial charge in [-0.3, -0.25) is 39.4 Å². The lowest BCUT2D eigenvalue weighted by atomic mass is 10.0. The predicted molar refractivity (Wildman–Crippen MR) is 159 cm³/mol. The van der Waals surface area contributed by atoms with Gasteiger partial charge in [0.2, 0.25) is 23.6 Å². The first kappa shape index (κ1) is 33.9. The first-order chi connectivity index (χ1) is 20.3. The zero-order valence-electron chi connectivity index (χ0n) is 25.4. The molecular formula is C32H42N4O6. The molecule has 2 N–H and O–H groups in total. The molecule has 0 bridgehead atoms. The summed E-state index contributed by atoms with van der Waals surface area (Å²) < 4.78 is 0. The van der Waals surface area contributed by atoms with Crippen molar-refractivity contribution in [2.75, 3.05) is 0 Å². The summed E-state index contributed by atoms with van der Waals surface area (Å²) in [6.45, 7) is 12.9. The lowest BCUT2D eigenvalue weighted by molar-refractivity contribution is -0.138. The second-order valence-corrected chi connectivity index (χ2v) is 9.11. The van der Waals surface area contributed by atoms with E-state index in [1.54, 1.807) is 21.9 Å². The Bertz CT molecular complexity index is 1210. The Hall–Kier alpha value is -4.34. The third-order valence-corrected chi connectivity index (χ3v) is 6.87. The van der Waals surface area contributed by atoms with Gasteiger partial charge in [-0.2, -0.15) is 0 Å². The summed E-state index contributed by atoms with van der Waals surface area (Å²) in [7, 11) is 0. The Kier molecular flexibility index (Phi) is 13.1. The smallest absolute Gasteiger partial charge is 0.255 e. The minimum Gasteiger partial charge on any atom is -0.322 e. The molecule has 0 aliphatic carbocycles. The highest BCUT2D eigenvalue weighted by Gasteiger charge is 2.40. The highest BCUT2D eigenvalue weighted by atomic mass is 16.2. The number of piperidine rings is 2. The number of amides is 6. The van der Waals surface area contributed by atoms with Crippen LogP contribution in [0.2, 0.25) is 0 Å². The van der Waals surface area contributed by atoms with E-state index in [9.17, 15) is 28.8 Å². The molecule has 2 saturated heterocycles. The molecule has 4 aliphatic heterocycles. The number of hydrogen-bond donors (Lipinski definition) is 2. The monoisotopic (exact) mass is 578 g/mol. The molecule has 6 amide bonds. The first-order valence-corrected chi connectivity index (χ1v) is 14.8. The average Bonchev–Trinajstić information content (AvgIpc) is 3.53. The number of benzene rings is 2. The molecule has 0 spiro atoms. The van der Waals surface area contributed by atoms with Crippen molar-refractivity contribution in [1.29, 1.82) is 0 Å². The largest absolute Gasteiger partial charge is 0.322 e. The van der Waals surface area contributed by atoms with Gasteiger partial charge in [0, 0.05) is 37.1 Å². The maximum absolute atomic E-state index is 12.2. The van der Waals surface area contributed by atoms with Gasteiger partial charge in [-0.15, -0.1) is 0 Å². The molecule has 10 nitrogen and oxygen atoms in total. The fourth-order valence-electron chi connectivity index (χ4n) is 5.02. The molecule has 4 heterocycles. The maximum Gasteiger partial charge on any atom is 0.255 e. The third kappa shape index (κ3) is 7.48. The number of carbonyl (C=O) groups excluding carboxylic acids is 6. The first-order valence-electron chi connectivity index (χ1n) is 14.8. The van der Waals surface area contributed by atoms with Crippen LogP contribution in [-0.4, -0.2) is 57.3 Å². The summed E-state index contributed by atoms with van der Waals surface area (Å²) in [5.74, 6) is -1.51. The number of fused-ring (bicyclic) bond motifs is 2. The van der Waals surface area contributed by atoms with Crippen LogP contribution in [0.3, 0.4) is 0 Å². The molecule has 0 aromatic heterocycles. The van der Waals surface area contributed by atoms with Crippen LogP contribution in [0.4, 0.5) is 0 Å². The van der Waals surface area contributed by atoms with Gasteiger partial charge in [-0.1, -0.05) is 77.9 Å². The Balaban J connectivity index is 0.000000250. The number of nitrogens with zero attached hydrogens (tertiary/aromatic N) is 2. The second-order valence-electron chi connectivity index (χ2n) is 9.11. The van der Waals surface area contributed by atoms with Crippen molar-refractivity contribution in [2.45, 2.75) is 92.4 Å². The second kappa shape index (κ2) is 16.2. The topological polar surface area (TPSA) is 133 Å². The summed E-state index contributed by atoms with van der Waals surface area (Å²) in [6, 6.07) is 13.6. The molecule has 226 valence electrons. The zero-order chi connectivity index (χ0) is 31.4. The van der Waals surface area contributed by atoms with Crippen LogP contribution in [0, 0.1) is 0 Å². The molecule has 2 unspecified atom stereocenters. The predicted octanol–water partition coefficient (Wildman–Crippen LogP) is 3.97. The Morgan fingerprint density at radius 2 is 0.881 bits per heavy atom. The Morgan fingerprint density at radius 1 is 0.548 bits per heavy atom. The highest BCUT2D eigenvalue weighted by Crippen LogP contribution is 2.28. The van der Waals surface area contributed by atoms with Crippen LogP contribution in [0.5, 0.6) is 0 Å². The highest BCUT2D eigenvalue weighted by molar-refractivity contribution is 6.06. The van der Waals surface area contributed by atoms with E-state index in [1.165, 1.54) is 0 Å². The molecule has 2 aromatic carbocycles. The van der Waals surface area contributed by atoms with E-state index in [0.717, 1.165) is 11.1 Å². The molecule has 2 fully saturated rings. The van der Waals surface area contributed by atoms with Crippen LogP contribution in [-0.2, 0) is 32.3 Å². The third-order valence-electron chi connectivity index (χ3n) is 6.87. The molecular weight excluding hydrogens is 536 g/mol. The molecule has 6 rings (SSSR count). The number of nitrogens with one attached hydrogen (secondary N) is 2. The molecule has 0 radical (unpaired) electrons. The maximum atomic E-state index is 12.2. The normalized spacial score (nSPS) is 20.1. The van der Waals surface area contributed by atoms with Crippen molar-refractivity contribution in [3.8, 4) is 0 Å². The minimum absolute atomic E-state index is 0.125. The van der Waals surface area contributed by atoms with Gasteiger partial charge in [0.15, 0.2) is 0 Å². The Labute approximate surface area is 247 Å². The van der Waals surface area contributed by atoms with E-state index in [2.05, 4.69) is 10.6 Å². The van der Waals surface area contributed by atoms with Gasteiger partial charge in [-0.25, -0.2) is 0 Å². The van der Waals surface area contributed by atoms with Crippen LogP contribution < -0.4 is 10.6 Å². The van der Waals surface area contributed by atoms with Crippen molar-refractivity contribution >= 4 is 35.4 Å². The van der Waals surface area contributed by atoms with Crippen molar-refractivity contribution in [1.82, 2.24) is 20.4 Å². The summed E-state index contributed by atoms with van der Waals surface area (Å²) in [6.07, 6.45) is 1.39. The molecule has 0 saturated carbocycles. The average molecular weight is 579 g/mol. The molecule has 4 aliphatic rings. The van der Waals surface area contributed by atoms with Crippen molar-refractivity contribution in [3.63, 3.8) is 0 Å². The molecule has 42 heavy (non-hydrogen) atoms. The van der Waals surface area contributed by atoms with Gasteiger partial charge in [-0.05, 0) is 36.1 Å². The minimum atomic E-state index is -0.525. The van der Waals surface area contributed by atoms with Gasteiger partial charge < -0.3 is 9.80 Å². The van der Waals surface area contributed by atoms with Crippen LogP contribution in [0.25, 0.3) is 0 Å². The van der Waals surface area contributed by atoms with Crippen molar-refractivity contribution in [2.24, 2.45) is 0 Å². The van der Waals surface area contributed by atoms with Gasteiger partial charge in [0.1, 0.15) is 12.1 Å². The fraction of sp³-hybridized carbons (Fsp3) is 0.438. The lowest BCUT2D eigenvalue weighted by Crippen LogP contribution is -2.52. The summed E-state index contributed by atoms with van der Waals surface area (Å²) in [4.78, 5) is 73.2. The SMILES string of the molecule is CC.CC.CC.O=C1CCC(N2Cc3ccccc3C2=O)C(=O)N1.O=C1CCC(N2Cc3ccccc3C2=O)C(=O)N1. The van der Waals surface area contributed by atoms with E-state index < -0.39 is 12.1 Å². The number of rotatable bonds is 2. The van der Waals surface area contributed by atoms with Gasteiger partial charge in [0.05, 0.1) is 0 Å². The molecule has 10 heteroatoms. The van der Waals surface area contributed by atoms with E-state index in [4.69, 9.17) is 0 Å². The van der Waals surface area contributed by atoms with Crippen molar-refractivity contribution < 1.29 is 28.8 Å². The van der Waals surface area contributed by atoms with Crippen LogP contribution in [0.15, 0.2) is 48.5 Å². The quantitative estimate of drug-likeness (QED) is 0.518. The zero-order valence-corrected chi connectivity index (χ0v) is 25.4. The fourth-order valence-corrected chi connectivity index (χ4v) is 5.02. The summed E-state index contributed by atoms with van der Waals surface area (Å²) in [5.41, 5.74) is 3.18. The molecule has 2 aromatic rings.